The molecule has 0 heterocycles. The van der Waals surface area contributed by atoms with Crippen LogP contribution in [0, 0.1) is 0 Å². The molecule has 0 saturated heterocycles. The van der Waals surface area contributed by atoms with E-state index in [0.717, 1.165) is 6.42 Å². The van der Waals surface area contributed by atoms with Gasteiger partial charge in [-0.05, 0) is 30.5 Å². The highest BCUT2D eigenvalue weighted by Crippen LogP contribution is 2.13. The summed E-state index contributed by atoms with van der Waals surface area (Å²) in [4.78, 5) is 10.9. The van der Waals surface area contributed by atoms with Gasteiger partial charge < -0.3 is 10.5 Å². The Morgan fingerprint density at radius 3 is 2.53 bits per heavy atom. The van der Waals surface area contributed by atoms with Gasteiger partial charge in [-0.25, -0.2) is 0 Å². The van der Waals surface area contributed by atoms with E-state index in [2.05, 4.69) is 6.92 Å². The van der Waals surface area contributed by atoms with Gasteiger partial charge in [0.2, 0.25) is 0 Å². The molecule has 82 valence electrons. The van der Waals surface area contributed by atoms with E-state index in [1.54, 1.807) is 12.1 Å². The Morgan fingerprint density at radius 2 is 2.00 bits per heavy atom. The van der Waals surface area contributed by atoms with Gasteiger partial charge in [0.25, 0.3) is 0 Å². The molecule has 3 nitrogen and oxygen atoms in total. The first-order valence-corrected chi connectivity index (χ1v) is 5.26. The van der Waals surface area contributed by atoms with Gasteiger partial charge in [0.05, 0.1) is 6.54 Å². The van der Waals surface area contributed by atoms with Crippen molar-refractivity contribution in [1.29, 1.82) is 0 Å². The summed E-state index contributed by atoms with van der Waals surface area (Å²) >= 11 is 0. The van der Waals surface area contributed by atoms with Crippen LogP contribution in [0.4, 0.5) is 0 Å². The molecule has 3 heteroatoms. The number of carbonyl (C=O) groups excluding carboxylic acids is 1. The van der Waals surface area contributed by atoms with Gasteiger partial charge in [-0.3, -0.25) is 4.79 Å². The zero-order valence-electron chi connectivity index (χ0n) is 9.03. The zero-order chi connectivity index (χ0) is 11.1. The van der Waals surface area contributed by atoms with E-state index in [1.807, 2.05) is 12.1 Å². The number of unbranched alkanes of at least 4 members (excludes halogenated alkanes) is 1. The van der Waals surface area contributed by atoms with E-state index in [1.165, 1.54) is 18.4 Å². The fraction of sp³-hybridized carbons (Fsp3) is 0.417. The standard InChI is InChI=1S/C12H17NO2/c1-2-3-4-10-5-7-11(8-6-10)15-12(14)9-13/h5-8H,2-4,9,13H2,1H3. The van der Waals surface area contributed by atoms with Crippen molar-refractivity contribution in [3.63, 3.8) is 0 Å². The third-order valence-corrected chi connectivity index (χ3v) is 2.14. The van der Waals surface area contributed by atoms with Crippen LogP contribution >= 0.6 is 0 Å². The average molecular weight is 207 g/mol. The Morgan fingerprint density at radius 1 is 1.33 bits per heavy atom. The molecule has 0 aliphatic heterocycles. The maximum atomic E-state index is 10.9. The number of hydrogen-bond acceptors (Lipinski definition) is 3. The maximum Gasteiger partial charge on any atom is 0.325 e. The normalized spacial score (nSPS) is 10.0. The number of nitrogens with two attached hydrogens (primary N) is 1. The number of rotatable bonds is 5. The highest BCUT2D eigenvalue weighted by Gasteiger charge is 2.01. The van der Waals surface area contributed by atoms with Crippen molar-refractivity contribution in [3.8, 4) is 5.75 Å². The molecule has 0 bridgehead atoms. The molecular weight excluding hydrogens is 190 g/mol. The van der Waals surface area contributed by atoms with E-state index >= 15 is 0 Å². The van der Waals surface area contributed by atoms with Crippen LogP contribution in [0.15, 0.2) is 24.3 Å². The molecule has 0 spiro atoms. The first-order valence-electron chi connectivity index (χ1n) is 5.26. The number of aryl methyl sites for hydroxylation is 1. The van der Waals surface area contributed by atoms with Crippen molar-refractivity contribution >= 4 is 5.97 Å². The van der Waals surface area contributed by atoms with Crippen LogP contribution in [0.1, 0.15) is 25.3 Å². The predicted molar refractivity (Wildman–Crippen MR) is 59.7 cm³/mol. The molecule has 2 N–H and O–H groups in total. The van der Waals surface area contributed by atoms with Crippen molar-refractivity contribution < 1.29 is 9.53 Å². The van der Waals surface area contributed by atoms with Gasteiger partial charge in [0, 0.05) is 0 Å². The van der Waals surface area contributed by atoms with E-state index in [0.29, 0.717) is 5.75 Å². The van der Waals surface area contributed by atoms with Crippen LogP contribution < -0.4 is 10.5 Å². The number of ether oxygens (including phenoxy) is 1. The minimum Gasteiger partial charge on any atom is -0.426 e. The van der Waals surface area contributed by atoms with Crippen LogP contribution in [-0.4, -0.2) is 12.5 Å². The molecule has 0 aliphatic rings. The lowest BCUT2D eigenvalue weighted by atomic mass is 10.1. The Hall–Kier alpha value is -1.35. The molecule has 0 atom stereocenters. The predicted octanol–water partition coefficient (Wildman–Crippen LogP) is 1.89. The van der Waals surface area contributed by atoms with E-state index < -0.39 is 5.97 Å². The van der Waals surface area contributed by atoms with Crippen molar-refractivity contribution in [2.24, 2.45) is 5.73 Å². The van der Waals surface area contributed by atoms with E-state index in [9.17, 15) is 4.79 Å². The lowest BCUT2D eigenvalue weighted by Crippen LogP contribution is -2.19. The second-order valence-corrected chi connectivity index (χ2v) is 3.43. The number of carbonyl (C=O) groups is 1. The fourth-order valence-corrected chi connectivity index (χ4v) is 1.28. The van der Waals surface area contributed by atoms with E-state index in [-0.39, 0.29) is 6.54 Å². The minimum absolute atomic E-state index is 0.0857. The lowest BCUT2D eigenvalue weighted by Gasteiger charge is -2.04. The van der Waals surface area contributed by atoms with E-state index in [4.69, 9.17) is 10.5 Å². The Balaban J connectivity index is 2.52. The molecule has 15 heavy (non-hydrogen) atoms. The van der Waals surface area contributed by atoms with Gasteiger partial charge >= 0.3 is 5.97 Å². The van der Waals surface area contributed by atoms with Crippen molar-refractivity contribution in [2.75, 3.05) is 6.54 Å². The first kappa shape index (κ1) is 11.7. The monoisotopic (exact) mass is 207 g/mol. The summed E-state index contributed by atoms with van der Waals surface area (Å²) in [7, 11) is 0. The van der Waals surface area contributed by atoms with Crippen LogP contribution in [0.25, 0.3) is 0 Å². The highest BCUT2D eigenvalue weighted by atomic mass is 16.5. The molecular formula is C12H17NO2. The molecule has 0 fully saturated rings. The summed E-state index contributed by atoms with van der Waals surface area (Å²) in [6.45, 7) is 2.08. The molecule has 1 aromatic rings. The van der Waals surface area contributed by atoms with Crippen molar-refractivity contribution in [2.45, 2.75) is 26.2 Å². The minimum atomic E-state index is -0.406. The van der Waals surface area contributed by atoms with Crippen LogP contribution in [0.2, 0.25) is 0 Å². The van der Waals surface area contributed by atoms with Crippen molar-refractivity contribution in [3.05, 3.63) is 29.8 Å². The number of benzene rings is 1. The molecule has 0 unspecified atom stereocenters. The molecule has 0 aromatic heterocycles. The molecule has 0 aliphatic carbocycles. The Bertz CT molecular complexity index is 306. The van der Waals surface area contributed by atoms with Gasteiger partial charge in [0.1, 0.15) is 5.75 Å². The van der Waals surface area contributed by atoms with Crippen LogP contribution in [-0.2, 0) is 11.2 Å². The first-order chi connectivity index (χ1) is 7.26. The van der Waals surface area contributed by atoms with Crippen LogP contribution in [0.3, 0.4) is 0 Å². The van der Waals surface area contributed by atoms with Gasteiger partial charge in [-0.2, -0.15) is 0 Å². The van der Waals surface area contributed by atoms with Gasteiger partial charge in [0.15, 0.2) is 0 Å². The number of esters is 1. The maximum absolute atomic E-state index is 10.9. The smallest absolute Gasteiger partial charge is 0.325 e. The Labute approximate surface area is 90.2 Å². The number of hydrogen-bond donors (Lipinski definition) is 1. The third-order valence-electron chi connectivity index (χ3n) is 2.14. The molecule has 0 radical (unpaired) electrons. The highest BCUT2D eigenvalue weighted by molar-refractivity contribution is 5.74. The summed E-state index contributed by atoms with van der Waals surface area (Å²) in [5, 5.41) is 0. The SMILES string of the molecule is CCCCc1ccc(OC(=O)CN)cc1. The molecule has 0 amide bonds. The summed E-state index contributed by atoms with van der Waals surface area (Å²) in [5.74, 6) is 0.155. The largest absolute Gasteiger partial charge is 0.426 e. The summed E-state index contributed by atoms with van der Waals surface area (Å²) in [5.41, 5.74) is 6.41. The molecule has 1 rings (SSSR count). The van der Waals surface area contributed by atoms with Crippen molar-refractivity contribution in [1.82, 2.24) is 0 Å². The second kappa shape index (κ2) is 6.19. The molecule has 0 saturated carbocycles. The summed E-state index contributed by atoms with van der Waals surface area (Å²) < 4.78 is 4.96. The van der Waals surface area contributed by atoms with Gasteiger partial charge in [-0.15, -0.1) is 0 Å². The quantitative estimate of drug-likeness (QED) is 0.592. The average Bonchev–Trinajstić information content (AvgIpc) is 2.28. The summed E-state index contributed by atoms with van der Waals surface area (Å²) in [6.07, 6.45) is 3.44. The lowest BCUT2D eigenvalue weighted by molar-refractivity contribution is -0.132. The zero-order valence-corrected chi connectivity index (χ0v) is 9.03. The fourth-order valence-electron chi connectivity index (χ4n) is 1.28. The summed E-state index contributed by atoms with van der Waals surface area (Å²) in [6, 6.07) is 7.57. The second-order valence-electron chi connectivity index (χ2n) is 3.43. The Kier molecular flexibility index (Phi) is 4.84. The van der Waals surface area contributed by atoms with Gasteiger partial charge in [-0.1, -0.05) is 25.5 Å². The topological polar surface area (TPSA) is 52.3 Å². The third kappa shape index (κ3) is 4.13. The molecule has 1 aromatic carbocycles. The van der Waals surface area contributed by atoms with Crippen LogP contribution in [0.5, 0.6) is 5.75 Å².